The maximum Gasteiger partial charge on any atom is 0.322 e. The number of benzene rings is 1. The van der Waals surface area contributed by atoms with Gasteiger partial charge < -0.3 is 10.2 Å². The van der Waals surface area contributed by atoms with Gasteiger partial charge in [0, 0.05) is 19.1 Å². The first kappa shape index (κ1) is 19.0. The minimum Gasteiger partial charge on any atom is -0.323 e. The molecule has 1 aromatic carbocycles. The van der Waals surface area contributed by atoms with Crippen LogP contribution in [-0.4, -0.2) is 43.7 Å². The Bertz CT molecular complexity index is 746. The number of hydrogen-bond donors (Lipinski definition) is 2. The van der Waals surface area contributed by atoms with E-state index in [4.69, 9.17) is 0 Å². The van der Waals surface area contributed by atoms with Crippen molar-refractivity contribution in [2.24, 2.45) is 0 Å². The van der Waals surface area contributed by atoms with Gasteiger partial charge in [-0.25, -0.2) is 26.7 Å². The molecule has 0 spiro atoms. The Morgan fingerprint density at radius 2 is 1.73 bits per heavy atom. The minimum atomic E-state index is -3.54. The number of sulfonamides is 1. The van der Waals surface area contributed by atoms with E-state index in [1.807, 2.05) is 0 Å². The van der Waals surface area contributed by atoms with Crippen molar-refractivity contribution in [2.45, 2.75) is 49.8 Å². The normalized spacial score (nSPS) is 21.8. The van der Waals surface area contributed by atoms with Gasteiger partial charge in [0.25, 0.3) is 0 Å². The van der Waals surface area contributed by atoms with E-state index in [2.05, 4.69) is 10.0 Å². The molecule has 2 N–H and O–H groups in total. The number of piperidine rings is 1. The molecule has 0 bridgehead atoms. The fourth-order valence-electron chi connectivity index (χ4n) is 3.55. The third-order valence-corrected chi connectivity index (χ3v) is 6.91. The summed E-state index contributed by atoms with van der Waals surface area (Å²) in [7, 11) is -3.54. The second-order valence-corrected chi connectivity index (χ2v) is 8.87. The number of anilines is 1. The lowest BCUT2D eigenvalue weighted by atomic mass is 10.1. The molecule has 0 radical (unpaired) electrons. The molecule has 1 atom stereocenters. The van der Waals surface area contributed by atoms with Gasteiger partial charge in [0.05, 0.1) is 5.25 Å². The van der Waals surface area contributed by atoms with Crippen LogP contribution in [0.4, 0.5) is 19.3 Å². The Hall–Kier alpha value is -1.74. The Balaban J connectivity index is 1.65. The van der Waals surface area contributed by atoms with E-state index in [1.165, 1.54) is 11.0 Å². The molecule has 6 nitrogen and oxygen atoms in total. The highest BCUT2D eigenvalue weighted by Crippen LogP contribution is 2.23. The zero-order chi connectivity index (χ0) is 18.7. The summed E-state index contributed by atoms with van der Waals surface area (Å²) in [4.78, 5) is 13.7. The van der Waals surface area contributed by atoms with Crippen LogP contribution in [-0.2, 0) is 10.0 Å². The monoisotopic (exact) mass is 387 g/mol. The van der Waals surface area contributed by atoms with Gasteiger partial charge in [0.2, 0.25) is 10.0 Å². The van der Waals surface area contributed by atoms with Crippen LogP contribution in [0.15, 0.2) is 18.2 Å². The maximum absolute atomic E-state index is 13.7. The van der Waals surface area contributed by atoms with Crippen LogP contribution in [0.5, 0.6) is 0 Å². The van der Waals surface area contributed by atoms with Crippen molar-refractivity contribution >= 4 is 21.7 Å². The molecule has 1 saturated carbocycles. The van der Waals surface area contributed by atoms with E-state index in [1.54, 1.807) is 0 Å². The van der Waals surface area contributed by atoms with Crippen LogP contribution in [0.25, 0.3) is 0 Å². The van der Waals surface area contributed by atoms with Crippen molar-refractivity contribution in [1.29, 1.82) is 0 Å². The van der Waals surface area contributed by atoms with Gasteiger partial charge in [-0.05, 0) is 37.8 Å². The quantitative estimate of drug-likeness (QED) is 0.834. The number of likely N-dealkylation sites (tertiary alicyclic amines) is 1. The van der Waals surface area contributed by atoms with Crippen molar-refractivity contribution in [3.05, 3.63) is 29.8 Å². The lowest BCUT2D eigenvalue weighted by Crippen LogP contribution is -2.50. The van der Waals surface area contributed by atoms with Crippen LogP contribution in [0.3, 0.4) is 0 Å². The van der Waals surface area contributed by atoms with Crippen LogP contribution in [0.2, 0.25) is 0 Å². The molecule has 2 fully saturated rings. The molecule has 9 heteroatoms. The number of nitrogens with one attached hydrogen (secondary N) is 2. The first-order valence-electron chi connectivity index (χ1n) is 8.88. The van der Waals surface area contributed by atoms with Crippen LogP contribution < -0.4 is 10.0 Å². The van der Waals surface area contributed by atoms with Crippen molar-refractivity contribution in [3.8, 4) is 0 Å². The predicted molar refractivity (Wildman–Crippen MR) is 94.3 cm³/mol. The average Bonchev–Trinajstić information content (AvgIpc) is 3.10. The third kappa shape index (κ3) is 4.32. The molecule has 0 aromatic heterocycles. The first-order chi connectivity index (χ1) is 12.4. The molecular weight excluding hydrogens is 364 g/mol. The average molecular weight is 387 g/mol. The number of rotatable bonds is 4. The lowest BCUT2D eigenvalue weighted by molar-refractivity contribution is 0.200. The highest BCUT2D eigenvalue weighted by atomic mass is 32.2. The fraction of sp³-hybridized carbons (Fsp3) is 0.588. The van der Waals surface area contributed by atoms with Gasteiger partial charge in [0.1, 0.15) is 17.3 Å². The van der Waals surface area contributed by atoms with E-state index in [-0.39, 0.29) is 12.6 Å². The van der Waals surface area contributed by atoms with Crippen molar-refractivity contribution in [2.75, 3.05) is 18.4 Å². The van der Waals surface area contributed by atoms with Crippen LogP contribution >= 0.6 is 0 Å². The van der Waals surface area contributed by atoms with Gasteiger partial charge in [-0.2, -0.15) is 0 Å². The summed E-state index contributed by atoms with van der Waals surface area (Å²) in [6, 6.07) is 2.58. The minimum absolute atomic E-state index is 0.00393. The lowest BCUT2D eigenvalue weighted by Gasteiger charge is -2.33. The van der Waals surface area contributed by atoms with Crippen molar-refractivity contribution in [1.82, 2.24) is 9.62 Å². The predicted octanol–water partition coefficient (Wildman–Crippen LogP) is 2.82. The number of hydrogen-bond acceptors (Lipinski definition) is 3. The fourth-order valence-corrected chi connectivity index (χ4v) is 5.30. The Morgan fingerprint density at radius 1 is 1.08 bits per heavy atom. The number of amides is 2. The maximum atomic E-state index is 13.7. The molecule has 1 heterocycles. The molecule has 2 aliphatic rings. The first-order valence-corrected chi connectivity index (χ1v) is 10.4. The zero-order valence-electron chi connectivity index (χ0n) is 14.4. The summed E-state index contributed by atoms with van der Waals surface area (Å²) >= 11 is 0. The highest BCUT2D eigenvalue weighted by Gasteiger charge is 2.34. The molecule has 3 rings (SSSR count). The Morgan fingerprint density at radius 3 is 2.38 bits per heavy atom. The summed E-state index contributed by atoms with van der Waals surface area (Å²) in [6.45, 7) is 0.349. The molecule has 1 aliphatic carbocycles. The van der Waals surface area contributed by atoms with E-state index in [0.717, 1.165) is 37.8 Å². The van der Waals surface area contributed by atoms with Crippen molar-refractivity contribution < 1.29 is 22.0 Å². The third-order valence-electron chi connectivity index (χ3n) is 4.98. The number of para-hydroxylation sites is 1. The van der Waals surface area contributed by atoms with E-state index in [0.29, 0.717) is 19.4 Å². The van der Waals surface area contributed by atoms with Crippen LogP contribution in [0, 0.1) is 11.6 Å². The van der Waals surface area contributed by atoms with Crippen LogP contribution in [0.1, 0.15) is 38.5 Å². The van der Waals surface area contributed by atoms with E-state index < -0.39 is 38.6 Å². The molecule has 0 unspecified atom stereocenters. The molecular formula is C17H23F2N3O3S. The largest absolute Gasteiger partial charge is 0.323 e. The molecule has 1 aliphatic heterocycles. The summed E-state index contributed by atoms with van der Waals surface area (Å²) in [6.07, 6.45) is 4.68. The van der Waals surface area contributed by atoms with Gasteiger partial charge in [0.15, 0.2) is 0 Å². The number of carbonyl (C=O) groups excluding carboxylic acids is 1. The second kappa shape index (κ2) is 7.87. The number of halogens is 2. The van der Waals surface area contributed by atoms with Gasteiger partial charge in [-0.15, -0.1) is 0 Å². The molecule has 1 saturated heterocycles. The Labute approximate surface area is 152 Å². The zero-order valence-corrected chi connectivity index (χ0v) is 15.2. The highest BCUT2D eigenvalue weighted by molar-refractivity contribution is 7.90. The summed E-state index contributed by atoms with van der Waals surface area (Å²) in [5.74, 6) is -1.75. The molecule has 26 heavy (non-hydrogen) atoms. The van der Waals surface area contributed by atoms with Gasteiger partial charge >= 0.3 is 6.03 Å². The smallest absolute Gasteiger partial charge is 0.322 e. The molecule has 144 valence electrons. The number of nitrogens with zero attached hydrogens (tertiary/aromatic N) is 1. The Kier molecular flexibility index (Phi) is 5.76. The molecule has 2 amide bonds. The summed E-state index contributed by atoms with van der Waals surface area (Å²) < 4.78 is 55.3. The van der Waals surface area contributed by atoms with Gasteiger partial charge in [-0.3, -0.25) is 0 Å². The van der Waals surface area contributed by atoms with Crippen molar-refractivity contribution in [3.63, 3.8) is 0 Å². The second-order valence-electron chi connectivity index (χ2n) is 6.88. The summed E-state index contributed by atoms with van der Waals surface area (Å²) in [5.41, 5.74) is -0.522. The SMILES string of the molecule is O=C(Nc1c(F)cccc1F)N1CCC[C@H](S(=O)(=O)NC2CCCC2)C1. The standard InChI is InChI=1S/C17H23F2N3O3S/c18-14-8-3-9-15(19)16(14)20-17(23)22-10-4-7-13(11-22)26(24,25)21-12-5-1-2-6-12/h3,8-9,12-13,21H,1-2,4-7,10-11H2,(H,20,23)/t13-/m0/s1. The van der Waals surface area contributed by atoms with Gasteiger partial charge in [-0.1, -0.05) is 18.9 Å². The number of urea groups is 1. The van der Waals surface area contributed by atoms with E-state index >= 15 is 0 Å². The summed E-state index contributed by atoms with van der Waals surface area (Å²) in [5, 5.41) is 1.50. The van der Waals surface area contributed by atoms with E-state index in [9.17, 15) is 22.0 Å². The number of carbonyl (C=O) groups is 1. The topological polar surface area (TPSA) is 78.5 Å². The molecule has 1 aromatic rings.